The molecular weight excluding hydrogens is 358 g/mol. The lowest BCUT2D eigenvalue weighted by Gasteiger charge is -2.17. The number of carbonyl (C=O) groups excluding carboxylic acids is 2. The molecule has 0 saturated carbocycles. The summed E-state index contributed by atoms with van der Waals surface area (Å²) in [6, 6.07) is 7.65. The number of benzene rings is 1. The van der Waals surface area contributed by atoms with E-state index in [1.807, 2.05) is 45.0 Å². The van der Waals surface area contributed by atoms with Crippen molar-refractivity contribution in [2.75, 3.05) is 11.9 Å². The van der Waals surface area contributed by atoms with E-state index in [1.165, 1.54) is 11.3 Å². The minimum atomic E-state index is -0.456. The van der Waals surface area contributed by atoms with E-state index >= 15 is 0 Å². The van der Waals surface area contributed by atoms with Crippen LogP contribution in [0.4, 0.5) is 5.13 Å². The first-order valence-electron chi connectivity index (χ1n) is 8.01. The molecule has 0 aliphatic heterocycles. The lowest BCUT2D eigenvalue weighted by Crippen LogP contribution is -2.36. The molecule has 0 bridgehead atoms. The summed E-state index contributed by atoms with van der Waals surface area (Å²) in [5, 5.41) is 6.79. The smallest absolute Gasteiger partial charge is 0.227 e. The van der Waals surface area contributed by atoms with Crippen LogP contribution in [0.2, 0.25) is 5.02 Å². The topological polar surface area (TPSA) is 71.1 Å². The Hall–Kier alpha value is -1.92. The summed E-state index contributed by atoms with van der Waals surface area (Å²) < 4.78 is 0. The highest BCUT2D eigenvalue weighted by atomic mass is 35.5. The first-order valence-corrected chi connectivity index (χ1v) is 9.21. The van der Waals surface area contributed by atoms with E-state index in [4.69, 9.17) is 11.6 Å². The number of hydrogen-bond donors (Lipinski definition) is 2. The lowest BCUT2D eigenvalue weighted by atomic mass is 9.96. The molecule has 7 heteroatoms. The van der Waals surface area contributed by atoms with Crippen LogP contribution in [-0.2, 0) is 16.0 Å². The molecule has 2 amide bonds. The molecule has 5 nitrogen and oxygen atoms in total. The Balaban J connectivity index is 1.79. The SMILES string of the molecule is CC(C)(C)C(=O)NCCC(=O)Nc1ncc(Cc2ccc(Cl)cc2)s1. The summed E-state index contributed by atoms with van der Waals surface area (Å²) in [5.41, 5.74) is 0.679. The Kier molecular flexibility index (Phi) is 6.56. The summed E-state index contributed by atoms with van der Waals surface area (Å²) in [7, 11) is 0. The molecule has 134 valence electrons. The average Bonchev–Trinajstić information content (AvgIpc) is 2.95. The van der Waals surface area contributed by atoms with E-state index in [9.17, 15) is 9.59 Å². The van der Waals surface area contributed by atoms with Crippen molar-refractivity contribution in [2.45, 2.75) is 33.6 Å². The molecule has 0 saturated heterocycles. The molecule has 2 aromatic rings. The Morgan fingerprint density at radius 1 is 1.20 bits per heavy atom. The second-order valence-electron chi connectivity index (χ2n) is 6.74. The van der Waals surface area contributed by atoms with E-state index in [0.29, 0.717) is 16.7 Å². The van der Waals surface area contributed by atoms with Gasteiger partial charge in [0, 0.05) is 40.9 Å². The van der Waals surface area contributed by atoms with E-state index in [-0.39, 0.29) is 18.2 Å². The number of halogens is 1. The molecule has 0 aliphatic carbocycles. The van der Waals surface area contributed by atoms with Gasteiger partial charge in [-0.05, 0) is 17.7 Å². The third kappa shape index (κ3) is 6.48. The summed E-state index contributed by atoms with van der Waals surface area (Å²) >= 11 is 7.32. The molecule has 0 spiro atoms. The van der Waals surface area contributed by atoms with Gasteiger partial charge in [0.1, 0.15) is 0 Å². The third-order valence-electron chi connectivity index (χ3n) is 3.41. The predicted octanol–water partition coefficient (Wildman–Crippen LogP) is 3.88. The minimum absolute atomic E-state index is 0.0696. The highest BCUT2D eigenvalue weighted by Gasteiger charge is 2.20. The van der Waals surface area contributed by atoms with Gasteiger partial charge in [0.2, 0.25) is 11.8 Å². The number of rotatable bonds is 6. The Morgan fingerprint density at radius 2 is 1.88 bits per heavy atom. The first kappa shape index (κ1) is 19.4. The van der Waals surface area contributed by atoms with Crippen LogP contribution in [0.3, 0.4) is 0 Å². The number of aromatic nitrogens is 1. The van der Waals surface area contributed by atoms with Crippen LogP contribution in [0, 0.1) is 5.41 Å². The van der Waals surface area contributed by atoms with Gasteiger partial charge in [-0.2, -0.15) is 0 Å². The van der Waals surface area contributed by atoms with E-state index in [0.717, 1.165) is 16.9 Å². The van der Waals surface area contributed by atoms with Gasteiger partial charge in [0.25, 0.3) is 0 Å². The van der Waals surface area contributed by atoms with Crippen LogP contribution in [0.1, 0.15) is 37.6 Å². The fraction of sp³-hybridized carbons (Fsp3) is 0.389. The zero-order chi connectivity index (χ0) is 18.4. The Bertz CT molecular complexity index is 736. The number of nitrogens with zero attached hydrogens (tertiary/aromatic N) is 1. The normalized spacial score (nSPS) is 11.2. The van der Waals surface area contributed by atoms with Crippen molar-refractivity contribution < 1.29 is 9.59 Å². The zero-order valence-electron chi connectivity index (χ0n) is 14.6. The highest BCUT2D eigenvalue weighted by Crippen LogP contribution is 2.22. The lowest BCUT2D eigenvalue weighted by molar-refractivity contribution is -0.128. The van der Waals surface area contributed by atoms with E-state index in [2.05, 4.69) is 15.6 Å². The van der Waals surface area contributed by atoms with Crippen LogP contribution in [0.5, 0.6) is 0 Å². The predicted molar refractivity (Wildman–Crippen MR) is 102 cm³/mol. The molecule has 0 fully saturated rings. The van der Waals surface area contributed by atoms with Gasteiger partial charge in [-0.25, -0.2) is 4.98 Å². The van der Waals surface area contributed by atoms with Gasteiger partial charge in [-0.15, -0.1) is 11.3 Å². The molecule has 1 heterocycles. The number of thiazole rings is 1. The summed E-state index contributed by atoms with van der Waals surface area (Å²) in [5.74, 6) is -0.235. The fourth-order valence-corrected chi connectivity index (χ4v) is 2.98. The number of hydrogen-bond acceptors (Lipinski definition) is 4. The van der Waals surface area contributed by atoms with Crippen LogP contribution in [-0.4, -0.2) is 23.3 Å². The molecule has 2 N–H and O–H groups in total. The molecule has 0 radical (unpaired) electrons. The van der Waals surface area contributed by atoms with Crippen molar-refractivity contribution in [2.24, 2.45) is 5.41 Å². The van der Waals surface area contributed by atoms with Gasteiger partial charge < -0.3 is 10.6 Å². The van der Waals surface area contributed by atoms with Crippen LogP contribution < -0.4 is 10.6 Å². The van der Waals surface area contributed by atoms with Crippen LogP contribution in [0.25, 0.3) is 0 Å². The fourth-order valence-electron chi connectivity index (χ4n) is 1.99. The van der Waals surface area contributed by atoms with Gasteiger partial charge in [0.05, 0.1) is 0 Å². The molecular formula is C18H22ClN3O2S. The maximum atomic E-state index is 11.9. The number of anilines is 1. The van der Waals surface area contributed by atoms with Crippen molar-refractivity contribution >= 4 is 39.9 Å². The van der Waals surface area contributed by atoms with Crippen molar-refractivity contribution in [3.05, 3.63) is 45.9 Å². The van der Waals surface area contributed by atoms with Crippen molar-refractivity contribution in [3.8, 4) is 0 Å². The molecule has 2 rings (SSSR count). The van der Waals surface area contributed by atoms with Crippen molar-refractivity contribution in [3.63, 3.8) is 0 Å². The van der Waals surface area contributed by atoms with Gasteiger partial charge in [-0.3, -0.25) is 9.59 Å². The third-order valence-corrected chi connectivity index (χ3v) is 4.58. The van der Waals surface area contributed by atoms with E-state index < -0.39 is 5.41 Å². The van der Waals surface area contributed by atoms with Crippen molar-refractivity contribution in [1.82, 2.24) is 10.3 Å². The molecule has 0 unspecified atom stereocenters. The number of carbonyl (C=O) groups is 2. The zero-order valence-corrected chi connectivity index (χ0v) is 16.1. The second-order valence-corrected chi connectivity index (χ2v) is 8.29. The quantitative estimate of drug-likeness (QED) is 0.800. The number of nitrogens with one attached hydrogen (secondary N) is 2. The minimum Gasteiger partial charge on any atom is -0.355 e. The van der Waals surface area contributed by atoms with Crippen LogP contribution >= 0.6 is 22.9 Å². The first-order chi connectivity index (χ1) is 11.7. The van der Waals surface area contributed by atoms with Crippen molar-refractivity contribution in [1.29, 1.82) is 0 Å². The molecule has 1 aromatic heterocycles. The van der Waals surface area contributed by atoms with Gasteiger partial charge >= 0.3 is 0 Å². The average molecular weight is 380 g/mol. The Morgan fingerprint density at radius 3 is 2.52 bits per heavy atom. The summed E-state index contributed by atoms with van der Waals surface area (Å²) in [6.45, 7) is 5.81. The maximum Gasteiger partial charge on any atom is 0.227 e. The largest absolute Gasteiger partial charge is 0.355 e. The second kappa shape index (κ2) is 8.45. The summed E-state index contributed by atoms with van der Waals surface area (Å²) in [6.07, 6.45) is 2.72. The standard InChI is InChI=1S/C18H22ClN3O2S/c1-18(2,3)16(24)20-9-8-15(23)22-17-21-11-14(25-17)10-12-4-6-13(19)7-5-12/h4-7,11H,8-10H2,1-3H3,(H,20,24)(H,21,22,23). The molecule has 0 aliphatic rings. The molecule has 0 atom stereocenters. The van der Waals surface area contributed by atoms with Crippen LogP contribution in [0.15, 0.2) is 30.5 Å². The number of amides is 2. The molecule has 25 heavy (non-hydrogen) atoms. The maximum absolute atomic E-state index is 11.9. The van der Waals surface area contributed by atoms with Gasteiger partial charge in [0.15, 0.2) is 5.13 Å². The van der Waals surface area contributed by atoms with Gasteiger partial charge in [-0.1, -0.05) is 44.5 Å². The molecule has 1 aromatic carbocycles. The van der Waals surface area contributed by atoms with E-state index in [1.54, 1.807) is 6.20 Å². The highest BCUT2D eigenvalue weighted by molar-refractivity contribution is 7.15. The summed E-state index contributed by atoms with van der Waals surface area (Å²) in [4.78, 5) is 29.0. The Labute approximate surface area is 156 Å². The monoisotopic (exact) mass is 379 g/mol.